The van der Waals surface area contributed by atoms with Crippen molar-refractivity contribution in [1.29, 1.82) is 5.26 Å². The predicted molar refractivity (Wildman–Crippen MR) is 138 cm³/mol. The number of benzene rings is 1. The summed E-state index contributed by atoms with van der Waals surface area (Å²) in [6, 6.07) is 6.66. The van der Waals surface area contributed by atoms with Crippen LogP contribution in [0.5, 0.6) is 5.88 Å². The summed E-state index contributed by atoms with van der Waals surface area (Å²) in [4.78, 5) is 22.1. The Morgan fingerprint density at radius 2 is 2.18 bits per heavy atom. The van der Waals surface area contributed by atoms with E-state index < -0.39 is 16.5 Å². The van der Waals surface area contributed by atoms with Gasteiger partial charge in [0.1, 0.15) is 29.1 Å². The third kappa shape index (κ3) is 4.13. The Morgan fingerprint density at radius 1 is 1.36 bits per heavy atom. The van der Waals surface area contributed by atoms with E-state index in [9.17, 15) is 19.8 Å². The van der Waals surface area contributed by atoms with Gasteiger partial charge in [0.2, 0.25) is 5.88 Å². The number of likely N-dealkylation sites (tertiary alicyclic amines) is 1. The van der Waals surface area contributed by atoms with Crippen molar-refractivity contribution in [2.75, 3.05) is 13.6 Å². The molecule has 3 heterocycles. The topological polar surface area (TPSA) is 131 Å². The SMILES string of the molecule is C[C@H](Oc1cc(Cl)nc(-c2noc3c2CCCC32CCc3ccc([N+](=O)[O-])c(C#N)c32)n1)[C@@H]1C[C@@H](F)CN1C. The smallest absolute Gasteiger partial charge is 0.287 e. The zero-order chi connectivity index (χ0) is 27.5. The third-order valence-electron chi connectivity index (χ3n) is 8.41. The van der Waals surface area contributed by atoms with Crippen molar-refractivity contribution < 1.29 is 18.6 Å². The van der Waals surface area contributed by atoms with Crippen molar-refractivity contribution >= 4 is 17.3 Å². The van der Waals surface area contributed by atoms with Gasteiger partial charge in [0.15, 0.2) is 17.3 Å². The highest BCUT2D eigenvalue weighted by atomic mass is 35.5. The molecule has 0 saturated carbocycles. The molecule has 0 N–H and O–H groups in total. The number of likely N-dealkylation sites (N-methyl/N-ethyl adjacent to an activating group) is 1. The summed E-state index contributed by atoms with van der Waals surface area (Å²) in [6.07, 6.45) is 2.59. The third-order valence-corrected chi connectivity index (χ3v) is 8.61. The van der Waals surface area contributed by atoms with Crippen LogP contribution in [0.1, 0.15) is 60.6 Å². The van der Waals surface area contributed by atoms with E-state index in [1.165, 1.54) is 12.1 Å². The molecule has 10 nitrogen and oxygen atoms in total. The number of fused-ring (bicyclic) bond motifs is 4. The van der Waals surface area contributed by atoms with Crippen molar-refractivity contribution in [3.63, 3.8) is 0 Å². The van der Waals surface area contributed by atoms with E-state index in [2.05, 4.69) is 21.2 Å². The second kappa shape index (κ2) is 9.54. The first kappa shape index (κ1) is 25.6. The quantitative estimate of drug-likeness (QED) is 0.245. The van der Waals surface area contributed by atoms with E-state index in [4.69, 9.17) is 20.9 Å². The first-order valence-corrected chi connectivity index (χ1v) is 13.4. The van der Waals surface area contributed by atoms with Gasteiger partial charge < -0.3 is 9.26 Å². The lowest BCUT2D eigenvalue weighted by Gasteiger charge is -2.32. The molecule has 3 aromatic rings. The minimum Gasteiger partial charge on any atom is -0.473 e. The van der Waals surface area contributed by atoms with E-state index in [0.29, 0.717) is 55.7 Å². The fourth-order valence-electron chi connectivity index (χ4n) is 6.73. The number of ether oxygens (including phenoxy) is 1. The maximum atomic E-state index is 13.9. The molecule has 1 aliphatic heterocycles. The highest BCUT2D eigenvalue weighted by Gasteiger charge is 2.50. The standard InChI is InChI=1S/C27H26ClFN6O4/c1-14(20-10-16(29)13-34(20)2)38-22-11-21(28)31-26(32-22)24-17-4-3-8-27(25(17)39-33-24)9-7-15-5-6-19(35(36)37)18(12-30)23(15)27/h5-6,11,14,16,20H,3-4,7-10,13H2,1-2H3/t14-,16+,20-,27?/m0/s1. The zero-order valence-corrected chi connectivity index (χ0v) is 22.2. The minimum absolute atomic E-state index is 0.0804. The summed E-state index contributed by atoms with van der Waals surface area (Å²) in [6.45, 7) is 2.24. The van der Waals surface area contributed by atoms with Crippen LogP contribution in [-0.4, -0.2) is 56.9 Å². The fourth-order valence-corrected chi connectivity index (χ4v) is 6.90. The van der Waals surface area contributed by atoms with Crippen molar-refractivity contribution in [1.82, 2.24) is 20.0 Å². The molecule has 39 heavy (non-hydrogen) atoms. The van der Waals surface area contributed by atoms with Crippen LogP contribution >= 0.6 is 11.6 Å². The molecule has 0 bridgehead atoms. The first-order valence-electron chi connectivity index (χ1n) is 13.0. The van der Waals surface area contributed by atoms with Gasteiger partial charge >= 0.3 is 0 Å². The summed E-state index contributed by atoms with van der Waals surface area (Å²) < 4.78 is 26.0. The Hall–Kier alpha value is -3.62. The molecule has 12 heteroatoms. The van der Waals surface area contributed by atoms with Crippen molar-refractivity contribution in [3.05, 3.63) is 61.5 Å². The molecule has 1 fully saturated rings. The van der Waals surface area contributed by atoms with Crippen LogP contribution in [0.25, 0.3) is 11.5 Å². The van der Waals surface area contributed by atoms with E-state index >= 15 is 0 Å². The number of hydrogen-bond acceptors (Lipinski definition) is 9. The van der Waals surface area contributed by atoms with Crippen LogP contribution in [0.3, 0.4) is 0 Å². The van der Waals surface area contributed by atoms with Gasteiger partial charge in [-0.2, -0.15) is 10.2 Å². The minimum atomic E-state index is -0.895. The van der Waals surface area contributed by atoms with Crippen LogP contribution in [0.2, 0.25) is 5.15 Å². The van der Waals surface area contributed by atoms with Crippen LogP contribution in [0.4, 0.5) is 10.1 Å². The average Bonchev–Trinajstić information content (AvgIpc) is 3.59. The van der Waals surface area contributed by atoms with E-state index in [1.54, 1.807) is 6.07 Å². The molecular formula is C27H26ClFN6O4. The monoisotopic (exact) mass is 552 g/mol. The molecule has 202 valence electrons. The van der Waals surface area contributed by atoms with Gasteiger partial charge in [-0.15, -0.1) is 0 Å². The molecule has 0 radical (unpaired) electrons. The normalized spacial score (nSPS) is 24.8. The summed E-state index contributed by atoms with van der Waals surface area (Å²) in [5, 5.41) is 26.2. The Balaban J connectivity index is 1.39. The highest BCUT2D eigenvalue weighted by Crippen LogP contribution is 2.54. The Labute approximate surface area is 228 Å². The average molecular weight is 553 g/mol. The van der Waals surface area contributed by atoms with E-state index in [1.807, 2.05) is 18.9 Å². The zero-order valence-electron chi connectivity index (χ0n) is 21.5. The number of aromatic nitrogens is 3. The van der Waals surface area contributed by atoms with Crippen molar-refractivity contribution in [2.24, 2.45) is 0 Å². The number of halogens is 2. The summed E-state index contributed by atoms with van der Waals surface area (Å²) in [5.41, 5.74) is 2.01. The van der Waals surface area contributed by atoms with E-state index in [-0.39, 0.29) is 40.3 Å². The number of aryl methyl sites for hydroxylation is 1. The molecular weight excluding hydrogens is 527 g/mol. The maximum absolute atomic E-state index is 13.9. The van der Waals surface area contributed by atoms with Crippen LogP contribution in [0, 0.1) is 21.4 Å². The van der Waals surface area contributed by atoms with Gasteiger partial charge in [0.05, 0.1) is 10.3 Å². The second-order valence-electron chi connectivity index (χ2n) is 10.7. The van der Waals surface area contributed by atoms with Gasteiger partial charge in [-0.25, -0.2) is 9.37 Å². The second-order valence-corrected chi connectivity index (χ2v) is 11.0. The summed E-state index contributed by atoms with van der Waals surface area (Å²) >= 11 is 6.36. The number of nitrogens with zero attached hydrogens (tertiary/aromatic N) is 6. The molecule has 1 saturated heterocycles. The maximum Gasteiger partial charge on any atom is 0.287 e. The molecule has 1 aromatic carbocycles. The number of alkyl halides is 1. The molecule has 2 aliphatic carbocycles. The Morgan fingerprint density at radius 3 is 2.90 bits per heavy atom. The largest absolute Gasteiger partial charge is 0.473 e. The lowest BCUT2D eigenvalue weighted by molar-refractivity contribution is -0.385. The molecule has 6 rings (SSSR count). The highest BCUT2D eigenvalue weighted by molar-refractivity contribution is 6.29. The van der Waals surface area contributed by atoms with Crippen molar-refractivity contribution in [2.45, 2.75) is 69.2 Å². The van der Waals surface area contributed by atoms with Gasteiger partial charge in [-0.1, -0.05) is 22.8 Å². The number of nitro groups is 1. The molecule has 0 amide bonds. The van der Waals surface area contributed by atoms with E-state index in [0.717, 1.165) is 17.5 Å². The van der Waals surface area contributed by atoms with Crippen LogP contribution in [0.15, 0.2) is 22.7 Å². The van der Waals surface area contributed by atoms with Crippen molar-refractivity contribution in [3.8, 4) is 23.5 Å². The molecule has 3 aliphatic rings. The number of nitro benzene ring substituents is 1. The van der Waals surface area contributed by atoms with Gasteiger partial charge in [-0.05, 0) is 63.6 Å². The fraction of sp³-hybridized carbons (Fsp3) is 0.481. The molecule has 2 aromatic heterocycles. The lowest BCUT2D eigenvalue weighted by Crippen LogP contribution is -2.38. The number of nitriles is 1. The summed E-state index contributed by atoms with van der Waals surface area (Å²) in [5.74, 6) is 1.09. The van der Waals surface area contributed by atoms with Gasteiger partial charge in [0.25, 0.3) is 5.69 Å². The predicted octanol–water partition coefficient (Wildman–Crippen LogP) is 4.94. The lowest BCUT2D eigenvalue weighted by atomic mass is 9.68. The first-order chi connectivity index (χ1) is 18.7. The molecule has 1 spiro atoms. The Bertz CT molecular complexity index is 1520. The Kier molecular flexibility index (Phi) is 6.27. The number of rotatable bonds is 5. The molecule has 1 unspecified atom stereocenters. The number of hydrogen-bond donors (Lipinski definition) is 0. The van der Waals surface area contributed by atoms with Crippen LogP contribution in [-0.2, 0) is 18.3 Å². The van der Waals surface area contributed by atoms with Gasteiger partial charge in [-0.3, -0.25) is 15.0 Å². The molecule has 4 atom stereocenters. The van der Waals surface area contributed by atoms with Gasteiger partial charge in [0, 0.05) is 30.3 Å². The summed E-state index contributed by atoms with van der Waals surface area (Å²) in [7, 11) is 1.87. The van der Waals surface area contributed by atoms with Crippen LogP contribution < -0.4 is 4.74 Å².